The molecule has 31 heavy (non-hydrogen) atoms. The minimum Gasteiger partial charge on any atom is -0.469 e. The van der Waals surface area contributed by atoms with Crippen LogP contribution < -0.4 is 10.9 Å². The third kappa shape index (κ3) is 2.93. The molecule has 154 valence electrons. The van der Waals surface area contributed by atoms with Crippen molar-refractivity contribution in [2.24, 2.45) is 0 Å². The topological polar surface area (TPSA) is 97.1 Å². The molecule has 2 aromatic heterocycles. The van der Waals surface area contributed by atoms with Crippen molar-refractivity contribution in [1.82, 2.24) is 9.78 Å². The highest BCUT2D eigenvalue weighted by Gasteiger charge is 2.56. The number of hydrogen-bond acceptors (Lipinski definition) is 4. The lowest BCUT2D eigenvalue weighted by atomic mass is 9.74. The number of H-pyrrole nitrogens is 1. The molecule has 3 heterocycles. The summed E-state index contributed by atoms with van der Waals surface area (Å²) in [5, 5.41) is 5.65. The van der Waals surface area contributed by atoms with E-state index in [9.17, 15) is 14.4 Å². The number of carbonyl (C=O) groups excluding carboxylic acids is 2. The lowest BCUT2D eigenvalue weighted by Gasteiger charge is -2.35. The number of nitrogens with one attached hydrogen (secondary N) is 2. The second-order valence-electron chi connectivity index (χ2n) is 7.49. The summed E-state index contributed by atoms with van der Waals surface area (Å²) in [6, 6.07) is 21.0. The van der Waals surface area contributed by atoms with Crippen molar-refractivity contribution in [3.8, 4) is 0 Å². The van der Waals surface area contributed by atoms with Crippen molar-refractivity contribution >= 4 is 17.4 Å². The van der Waals surface area contributed by atoms with Gasteiger partial charge in [0, 0.05) is 35.5 Å². The number of furan rings is 1. The standard InChI is InChI=1S/C24H19N3O4/c28-20(16-7-2-1-3-8-16)15-18(21-11-6-14-31-21)24(27-13-12-22(29)26-27)17-9-4-5-10-19(17)25-23(24)30/h1-14,18H,15H2,(H,25,30)(H,26,29)/t18?,24-/m1/s1. The summed E-state index contributed by atoms with van der Waals surface area (Å²) in [6.07, 6.45) is 3.05. The number of nitrogens with zero attached hydrogens (tertiary/aromatic N) is 1. The SMILES string of the molecule is O=C(CC(c1ccco1)[C@@]1(n2ccc(=O)[nH]2)C(=O)Nc2ccccc21)c1ccccc1. The number of aromatic amines is 1. The van der Waals surface area contributed by atoms with Crippen LogP contribution in [-0.4, -0.2) is 21.5 Å². The summed E-state index contributed by atoms with van der Waals surface area (Å²) in [5.41, 5.74) is 0.0903. The van der Waals surface area contributed by atoms with Crippen molar-refractivity contribution in [1.29, 1.82) is 0 Å². The highest BCUT2D eigenvalue weighted by Crippen LogP contribution is 2.49. The second kappa shape index (κ2) is 7.28. The maximum atomic E-state index is 13.6. The smallest absolute Gasteiger partial charge is 0.264 e. The molecule has 0 saturated heterocycles. The van der Waals surface area contributed by atoms with Gasteiger partial charge in [0.25, 0.3) is 11.5 Å². The zero-order valence-corrected chi connectivity index (χ0v) is 16.4. The molecular weight excluding hydrogens is 394 g/mol. The number of Topliss-reactive ketones (excluding diaryl/α,β-unsaturated/α-hetero) is 1. The minimum atomic E-state index is -1.40. The Morgan fingerprint density at radius 2 is 1.74 bits per heavy atom. The molecule has 2 atom stereocenters. The second-order valence-corrected chi connectivity index (χ2v) is 7.49. The van der Waals surface area contributed by atoms with Gasteiger partial charge in [0.2, 0.25) is 0 Å². The maximum Gasteiger partial charge on any atom is 0.264 e. The molecule has 1 amide bonds. The van der Waals surface area contributed by atoms with Gasteiger partial charge in [-0.05, 0) is 18.2 Å². The van der Waals surface area contributed by atoms with Crippen LogP contribution in [0.1, 0.15) is 34.0 Å². The van der Waals surface area contributed by atoms with E-state index >= 15 is 0 Å². The highest BCUT2D eigenvalue weighted by atomic mass is 16.3. The predicted molar refractivity (Wildman–Crippen MR) is 114 cm³/mol. The summed E-state index contributed by atoms with van der Waals surface area (Å²) in [4.78, 5) is 38.9. The molecule has 0 bridgehead atoms. The summed E-state index contributed by atoms with van der Waals surface area (Å²) in [6.45, 7) is 0. The van der Waals surface area contributed by atoms with Gasteiger partial charge in [0.05, 0.1) is 12.2 Å². The molecule has 2 N–H and O–H groups in total. The number of fused-ring (bicyclic) bond motifs is 1. The van der Waals surface area contributed by atoms with Gasteiger partial charge < -0.3 is 9.73 Å². The number of ketones is 1. The molecule has 5 rings (SSSR count). The lowest BCUT2D eigenvalue weighted by Crippen LogP contribution is -2.48. The Bertz CT molecular complexity index is 1300. The summed E-state index contributed by atoms with van der Waals surface area (Å²) in [5.74, 6) is -0.705. The van der Waals surface area contributed by atoms with E-state index < -0.39 is 11.5 Å². The fraction of sp³-hybridized carbons (Fsp3) is 0.125. The fourth-order valence-electron chi connectivity index (χ4n) is 4.43. The van der Waals surface area contributed by atoms with E-state index in [0.717, 1.165) is 0 Å². The Hall–Kier alpha value is -4.13. The molecule has 0 spiro atoms. The van der Waals surface area contributed by atoms with Crippen molar-refractivity contribution in [2.45, 2.75) is 17.9 Å². The first-order valence-electron chi connectivity index (χ1n) is 9.91. The average Bonchev–Trinajstić information content (AvgIpc) is 3.52. The van der Waals surface area contributed by atoms with Crippen LogP contribution in [0.4, 0.5) is 5.69 Å². The first-order valence-corrected chi connectivity index (χ1v) is 9.91. The van der Waals surface area contributed by atoms with Crippen LogP contribution in [0, 0.1) is 0 Å². The highest BCUT2D eigenvalue weighted by molar-refractivity contribution is 6.07. The number of aromatic nitrogens is 2. The quantitative estimate of drug-likeness (QED) is 0.473. The summed E-state index contributed by atoms with van der Waals surface area (Å²) >= 11 is 0. The average molecular weight is 413 g/mol. The van der Waals surface area contributed by atoms with E-state index in [1.165, 1.54) is 23.2 Å². The van der Waals surface area contributed by atoms with Gasteiger partial charge >= 0.3 is 0 Å². The van der Waals surface area contributed by atoms with Crippen molar-refractivity contribution < 1.29 is 14.0 Å². The van der Waals surface area contributed by atoms with Crippen LogP contribution in [0.2, 0.25) is 0 Å². The third-order valence-electron chi connectivity index (χ3n) is 5.79. The first-order chi connectivity index (χ1) is 15.1. The molecule has 7 nitrogen and oxygen atoms in total. The molecule has 0 aliphatic carbocycles. The Balaban J connectivity index is 1.74. The predicted octanol–water partition coefficient (Wildman–Crippen LogP) is 3.52. The van der Waals surface area contributed by atoms with E-state index in [1.807, 2.05) is 24.3 Å². The zero-order valence-electron chi connectivity index (χ0n) is 16.4. The van der Waals surface area contributed by atoms with Gasteiger partial charge in [-0.25, -0.2) is 0 Å². The lowest BCUT2D eigenvalue weighted by molar-refractivity contribution is -0.123. The Morgan fingerprint density at radius 3 is 2.45 bits per heavy atom. The largest absolute Gasteiger partial charge is 0.469 e. The molecular formula is C24H19N3O4. The number of hydrogen-bond donors (Lipinski definition) is 2. The van der Waals surface area contributed by atoms with Crippen LogP contribution in [0.3, 0.4) is 0 Å². The van der Waals surface area contributed by atoms with Gasteiger partial charge in [-0.1, -0.05) is 48.5 Å². The zero-order chi connectivity index (χ0) is 21.4. The molecule has 1 unspecified atom stereocenters. The van der Waals surface area contributed by atoms with Crippen LogP contribution in [-0.2, 0) is 10.3 Å². The number of anilines is 1. The number of rotatable bonds is 6. The van der Waals surface area contributed by atoms with E-state index in [-0.39, 0.29) is 23.7 Å². The molecule has 4 aromatic rings. The van der Waals surface area contributed by atoms with E-state index in [4.69, 9.17) is 4.42 Å². The molecule has 7 heteroatoms. The first kappa shape index (κ1) is 18.9. The fourth-order valence-corrected chi connectivity index (χ4v) is 4.43. The molecule has 0 saturated carbocycles. The third-order valence-corrected chi connectivity index (χ3v) is 5.79. The van der Waals surface area contributed by atoms with Crippen molar-refractivity contribution in [2.75, 3.05) is 5.32 Å². The number of carbonyl (C=O) groups is 2. The number of para-hydroxylation sites is 1. The van der Waals surface area contributed by atoms with Gasteiger partial charge in [0.1, 0.15) is 5.76 Å². The van der Waals surface area contributed by atoms with Gasteiger partial charge in [-0.15, -0.1) is 0 Å². The molecule has 0 radical (unpaired) electrons. The maximum absolute atomic E-state index is 13.6. The summed E-state index contributed by atoms with van der Waals surface area (Å²) < 4.78 is 7.21. The van der Waals surface area contributed by atoms with E-state index in [2.05, 4.69) is 10.4 Å². The Kier molecular flexibility index (Phi) is 4.43. The van der Waals surface area contributed by atoms with Crippen LogP contribution >= 0.6 is 0 Å². The summed E-state index contributed by atoms with van der Waals surface area (Å²) in [7, 11) is 0. The molecule has 1 aliphatic rings. The molecule has 2 aromatic carbocycles. The molecule has 1 aliphatic heterocycles. The monoisotopic (exact) mass is 413 g/mol. The van der Waals surface area contributed by atoms with E-state index in [0.29, 0.717) is 22.6 Å². The van der Waals surface area contributed by atoms with Gasteiger partial charge in [0.15, 0.2) is 11.3 Å². The van der Waals surface area contributed by atoms with Gasteiger partial charge in [-0.2, -0.15) is 0 Å². The van der Waals surface area contributed by atoms with E-state index in [1.54, 1.807) is 42.5 Å². The van der Waals surface area contributed by atoms with Crippen molar-refractivity contribution in [3.63, 3.8) is 0 Å². The van der Waals surface area contributed by atoms with Gasteiger partial charge in [-0.3, -0.25) is 24.2 Å². The number of benzene rings is 2. The Labute approximate surface area is 177 Å². The Morgan fingerprint density at radius 1 is 0.968 bits per heavy atom. The minimum absolute atomic E-state index is 0.000505. The normalized spacial score (nSPS) is 18.4. The molecule has 0 fully saturated rings. The van der Waals surface area contributed by atoms with Crippen LogP contribution in [0.5, 0.6) is 0 Å². The van der Waals surface area contributed by atoms with Crippen LogP contribution in [0.25, 0.3) is 0 Å². The van der Waals surface area contributed by atoms with Crippen molar-refractivity contribution in [3.05, 3.63) is 112 Å². The van der Waals surface area contributed by atoms with Crippen LogP contribution in [0.15, 0.2) is 94.5 Å². The number of amides is 1.